The molecule has 160 valence electrons. The van der Waals surface area contributed by atoms with E-state index in [2.05, 4.69) is 20.2 Å². The van der Waals surface area contributed by atoms with Crippen molar-refractivity contribution in [3.05, 3.63) is 42.0 Å². The smallest absolute Gasteiger partial charge is 0.244 e. The molecule has 3 rings (SSSR count). The van der Waals surface area contributed by atoms with Gasteiger partial charge in [-0.25, -0.2) is 17.8 Å². The highest BCUT2D eigenvalue weighted by Crippen LogP contribution is 2.30. The topological polar surface area (TPSA) is 117 Å². The summed E-state index contributed by atoms with van der Waals surface area (Å²) in [6, 6.07) is 9.97. The molecule has 0 fully saturated rings. The molecule has 1 N–H and O–H groups in total. The first kappa shape index (κ1) is 21.5. The van der Waals surface area contributed by atoms with Gasteiger partial charge in [0.05, 0.1) is 21.3 Å². The molecule has 11 heteroatoms. The molecule has 30 heavy (non-hydrogen) atoms. The summed E-state index contributed by atoms with van der Waals surface area (Å²) >= 11 is 0. The van der Waals surface area contributed by atoms with Crippen molar-refractivity contribution in [2.24, 2.45) is 0 Å². The van der Waals surface area contributed by atoms with Crippen molar-refractivity contribution in [1.82, 2.24) is 24.9 Å². The van der Waals surface area contributed by atoms with Crippen molar-refractivity contribution < 1.29 is 22.6 Å². The fourth-order valence-corrected chi connectivity index (χ4v) is 4.11. The van der Waals surface area contributed by atoms with Crippen LogP contribution in [0.3, 0.4) is 0 Å². The van der Waals surface area contributed by atoms with Gasteiger partial charge in [0.15, 0.2) is 17.3 Å². The number of rotatable bonds is 9. The van der Waals surface area contributed by atoms with Crippen molar-refractivity contribution in [2.75, 3.05) is 21.3 Å². The first-order valence-corrected chi connectivity index (χ1v) is 10.6. The molecular weight excluding hydrogens is 410 g/mol. The van der Waals surface area contributed by atoms with E-state index in [1.807, 2.05) is 6.92 Å². The van der Waals surface area contributed by atoms with Gasteiger partial charge in [-0.05, 0) is 53.2 Å². The van der Waals surface area contributed by atoms with Gasteiger partial charge >= 0.3 is 0 Å². The number of sulfonamides is 1. The molecule has 0 aliphatic carbocycles. The number of hydrogen-bond donors (Lipinski definition) is 1. The lowest BCUT2D eigenvalue weighted by atomic mass is 10.2. The van der Waals surface area contributed by atoms with E-state index in [0.717, 1.165) is 0 Å². The van der Waals surface area contributed by atoms with Gasteiger partial charge in [0.2, 0.25) is 10.0 Å². The van der Waals surface area contributed by atoms with E-state index in [-0.39, 0.29) is 17.2 Å². The van der Waals surface area contributed by atoms with Crippen LogP contribution in [0.5, 0.6) is 17.2 Å². The van der Waals surface area contributed by atoms with Crippen LogP contribution in [0.15, 0.2) is 41.3 Å². The number of ether oxygens (including phenoxy) is 3. The van der Waals surface area contributed by atoms with Crippen molar-refractivity contribution >= 4 is 10.0 Å². The molecule has 0 radical (unpaired) electrons. The number of hydrogen-bond acceptors (Lipinski definition) is 8. The highest BCUT2D eigenvalue weighted by atomic mass is 32.2. The third kappa shape index (κ3) is 4.36. The van der Waals surface area contributed by atoms with E-state index < -0.39 is 10.0 Å². The molecule has 1 aromatic heterocycles. The fourth-order valence-electron chi connectivity index (χ4n) is 2.90. The Morgan fingerprint density at radius 3 is 2.33 bits per heavy atom. The van der Waals surface area contributed by atoms with Crippen LogP contribution in [0.4, 0.5) is 0 Å². The average molecular weight is 433 g/mol. The van der Waals surface area contributed by atoms with E-state index >= 15 is 0 Å². The first-order chi connectivity index (χ1) is 14.4. The van der Waals surface area contributed by atoms with E-state index in [1.165, 1.54) is 27.4 Å². The van der Waals surface area contributed by atoms with Crippen LogP contribution >= 0.6 is 0 Å². The SMILES string of the molecule is CCn1nnnc1-c1ccc(OC)c(S(=O)(=O)NCc2ccc(OC)c(OC)c2)c1. The summed E-state index contributed by atoms with van der Waals surface area (Å²) in [7, 11) is 0.577. The van der Waals surface area contributed by atoms with Crippen LogP contribution in [-0.4, -0.2) is 50.0 Å². The molecule has 0 unspecified atom stereocenters. The molecule has 0 saturated heterocycles. The summed E-state index contributed by atoms with van der Waals surface area (Å²) in [5, 5.41) is 11.5. The number of nitrogens with one attached hydrogen (secondary N) is 1. The zero-order valence-corrected chi connectivity index (χ0v) is 17.9. The minimum absolute atomic E-state index is 0.00590. The predicted molar refractivity (Wildman–Crippen MR) is 109 cm³/mol. The Morgan fingerprint density at radius 2 is 1.67 bits per heavy atom. The van der Waals surface area contributed by atoms with Crippen molar-refractivity contribution in [3.63, 3.8) is 0 Å². The van der Waals surface area contributed by atoms with Crippen molar-refractivity contribution in [3.8, 4) is 28.6 Å². The quantitative estimate of drug-likeness (QED) is 0.543. The maximum Gasteiger partial charge on any atom is 0.244 e. The first-order valence-electron chi connectivity index (χ1n) is 9.08. The lowest BCUT2D eigenvalue weighted by Gasteiger charge is -2.13. The molecule has 0 bridgehead atoms. The maximum atomic E-state index is 13.0. The molecule has 0 spiro atoms. The molecule has 10 nitrogen and oxygen atoms in total. The van der Waals surface area contributed by atoms with Gasteiger partial charge in [-0.15, -0.1) is 5.10 Å². The Balaban J connectivity index is 1.90. The molecule has 0 atom stereocenters. The summed E-state index contributed by atoms with van der Waals surface area (Å²) in [6.07, 6.45) is 0. The van der Waals surface area contributed by atoms with Gasteiger partial charge in [-0.1, -0.05) is 6.07 Å². The van der Waals surface area contributed by atoms with E-state index in [0.29, 0.717) is 35.0 Å². The second-order valence-corrected chi connectivity index (χ2v) is 7.93. The fraction of sp³-hybridized carbons (Fsp3) is 0.316. The van der Waals surface area contributed by atoms with Gasteiger partial charge in [-0.3, -0.25) is 0 Å². The lowest BCUT2D eigenvalue weighted by Crippen LogP contribution is -2.24. The number of nitrogens with zero attached hydrogens (tertiary/aromatic N) is 4. The molecular formula is C19H23N5O5S. The van der Waals surface area contributed by atoms with Gasteiger partial charge in [0.1, 0.15) is 10.6 Å². The maximum absolute atomic E-state index is 13.0. The Hall–Kier alpha value is -3.18. The van der Waals surface area contributed by atoms with Crippen LogP contribution in [0.25, 0.3) is 11.4 Å². The van der Waals surface area contributed by atoms with E-state index in [1.54, 1.807) is 35.0 Å². The summed E-state index contributed by atoms with van der Waals surface area (Å²) in [5.74, 6) is 1.76. The molecule has 0 aliphatic rings. The standard InChI is InChI=1S/C19H23N5O5S/c1-5-24-19(21-22-23-24)14-7-9-16(28-3)18(11-14)30(25,26)20-12-13-6-8-15(27-2)17(10-13)29-4/h6-11,20H,5,12H2,1-4H3. The second-order valence-electron chi connectivity index (χ2n) is 6.20. The van der Waals surface area contributed by atoms with Gasteiger partial charge in [0, 0.05) is 18.7 Å². The van der Waals surface area contributed by atoms with E-state index in [4.69, 9.17) is 14.2 Å². The number of benzene rings is 2. The highest BCUT2D eigenvalue weighted by Gasteiger charge is 2.22. The second kappa shape index (κ2) is 9.09. The summed E-state index contributed by atoms with van der Waals surface area (Å²) in [6.45, 7) is 2.50. The zero-order valence-electron chi connectivity index (χ0n) is 17.1. The summed E-state index contributed by atoms with van der Waals surface area (Å²) in [4.78, 5) is -0.00590. The summed E-state index contributed by atoms with van der Waals surface area (Å²) in [5.41, 5.74) is 1.27. The number of aryl methyl sites for hydroxylation is 1. The Morgan fingerprint density at radius 1 is 0.967 bits per heavy atom. The molecule has 1 heterocycles. The third-order valence-corrected chi connectivity index (χ3v) is 5.88. The molecule has 0 aliphatic heterocycles. The Labute approximate surface area is 174 Å². The monoisotopic (exact) mass is 433 g/mol. The van der Waals surface area contributed by atoms with Crippen LogP contribution < -0.4 is 18.9 Å². The number of aromatic nitrogens is 4. The minimum Gasteiger partial charge on any atom is -0.495 e. The van der Waals surface area contributed by atoms with Crippen LogP contribution in [0.2, 0.25) is 0 Å². The predicted octanol–water partition coefficient (Wildman–Crippen LogP) is 1.86. The lowest BCUT2D eigenvalue weighted by molar-refractivity contribution is 0.354. The molecule has 3 aromatic rings. The van der Waals surface area contributed by atoms with Crippen LogP contribution in [0, 0.1) is 0 Å². The van der Waals surface area contributed by atoms with Crippen LogP contribution in [-0.2, 0) is 23.1 Å². The van der Waals surface area contributed by atoms with Crippen molar-refractivity contribution in [2.45, 2.75) is 24.9 Å². The Kier molecular flexibility index (Phi) is 6.53. The Bertz CT molecular complexity index is 1130. The third-order valence-electron chi connectivity index (χ3n) is 4.46. The van der Waals surface area contributed by atoms with Gasteiger partial charge < -0.3 is 14.2 Å². The zero-order chi connectivity index (χ0) is 21.7. The van der Waals surface area contributed by atoms with Crippen LogP contribution in [0.1, 0.15) is 12.5 Å². The normalized spacial score (nSPS) is 11.3. The molecule has 0 amide bonds. The van der Waals surface area contributed by atoms with Gasteiger partial charge in [-0.2, -0.15) is 0 Å². The minimum atomic E-state index is -3.89. The van der Waals surface area contributed by atoms with E-state index in [9.17, 15) is 8.42 Å². The summed E-state index contributed by atoms with van der Waals surface area (Å²) < 4.78 is 46.0. The average Bonchev–Trinajstić information content (AvgIpc) is 3.26. The number of tetrazole rings is 1. The highest BCUT2D eigenvalue weighted by molar-refractivity contribution is 7.89. The molecule has 0 saturated carbocycles. The molecule has 2 aromatic carbocycles. The largest absolute Gasteiger partial charge is 0.495 e. The van der Waals surface area contributed by atoms with Crippen molar-refractivity contribution in [1.29, 1.82) is 0 Å². The van der Waals surface area contributed by atoms with Gasteiger partial charge in [0.25, 0.3) is 0 Å². The number of methoxy groups -OCH3 is 3.